The van der Waals surface area contributed by atoms with E-state index in [2.05, 4.69) is 15.1 Å². The van der Waals surface area contributed by atoms with Crippen LogP contribution >= 0.6 is 0 Å². The number of nitrogens with zero attached hydrogens (tertiary/aromatic N) is 2. The molecular formula is C14H28N4O. The Morgan fingerprint density at radius 1 is 1.32 bits per heavy atom. The quantitative estimate of drug-likeness (QED) is 0.712. The fraction of sp³-hybridized carbons (Fsp3) is 0.929. The van der Waals surface area contributed by atoms with E-state index in [1.165, 1.54) is 32.4 Å². The first-order valence-corrected chi connectivity index (χ1v) is 7.58. The summed E-state index contributed by atoms with van der Waals surface area (Å²) in [5.41, 5.74) is 5.48. The maximum Gasteiger partial charge on any atom is 0.235 e. The average molecular weight is 268 g/mol. The smallest absolute Gasteiger partial charge is 0.235 e. The maximum absolute atomic E-state index is 11.5. The number of hydrogen-bond donors (Lipinski definition) is 2. The van der Waals surface area contributed by atoms with Gasteiger partial charge in [-0.1, -0.05) is 13.8 Å². The molecular weight excluding hydrogens is 240 g/mol. The predicted octanol–water partition coefficient (Wildman–Crippen LogP) is 0.00840. The summed E-state index contributed by atoms with van der Waals surface area (Å²) in [6.45, 7) is 9.52. The van der Waals surface area contributed by atoms with Crippen LogP contribution in [0.25, 0.3) is 0 Å². The lowest BCUT2D eigenvalue weighted by Gasteiger charge is -2.26. The van der Waals surface area contributed by atoms with E-state index in [0.717, 1.165) is 19.6 Å². The van der Waals surface area contributed by atoms with Gasteiger partial charge < -0.3 is 11.1 Å². The Balaban J connectivity index is 1.80. The Kier molecular flexibility index (Phi) is 5.19. The van der Waals surface area contributed by atoms with Gasteiger partial charge in [0.15, 0.2) is 0 Å². The van der Waals surface area contributed by atoms with Gasteiger partial charge in [-0.25, -0.2) is 0 Å². The molecule has 2 unspecified atom stereocenters. The van der Waals surface area contributed by atoms with Crippen LogP contribution in [0, 0.1) is 0 Å². The van der Waals surface area contributed by atoms with Crippen LogP contribution in [-0.4, -0.2) is 66.6 Å². The molecule has 2 heterocycles. The molecule has 2 aliphatic heterocycles. The highest BCUT2D eigenvalue weighted by atomic mass is 16.1. The van der Waals surface area contributed by atoms with E-state index in [0.29, 0.717) is 6.04 Å². The first kappa shape index (κ1) is 14.8. The molecule has 2 rings (SSSR count). The van der Waals surface area contributed by atoms with Crippen molar-refractivity contribution in [3.8, 4) is 0 Å². The molecule has 110 valence electrons. The van der Waals surface area contributed by atoms with Crippen LogP contribution in [0.5, 0.6) is 0 Å². The van der Waals surface area contributed by atoms with Gasteiger partial charge >= 0.3 is 0 Å². The highest BCUT2D eigenvalue weighted by molar-refractivity contribution is 5.80. The van der Waals surface area contributed by atoms with Crippen molar-refractivity contribution in [3.05, 3.63) is 0 Å². The van der Waals surface area contributed by atoms with Crippen molar-refractivity contribution < 1.29 is 4.79 Å². The molecule has 0 aromatic rings. The number of primary amides is 1. The Morgan fingerprint density at radius 2 is 2.00 bits per heavy atom. The van der Waals surface area contributed by atoms with Crippen LogP contribution in [0.15, 0.2) is 0 Å². The van der Waals surface area contributed by atoms with Crippen molar-refractivity contribution in [1.29, 1.82) is 0 Å². The number of nitrogens with one attached hydrogen (secondary N) is 1. The zero-order valence-electron chi connectivity index (χ0n) is 12.3. The lowest BCUT2D eigenvalue weighted by Crippen LogP contribution is -2.51. The third kappa shape index (κ3) is 4.16. The van der Waals surface area contributed by atoms with Crippen molar-refractivity contribution in [2.24, 2.45) is 5.73 Å². The molecule has 0 bridgehead atoms. The summed E-state index contributed by atoms with van der Waals surface area (Å²) in [4.78, 5) is 16.5. The summed E-state index contributed by atoms with van der Waals surface area (Å²) in [5, 5.41) is 3.26. The van der Waals surface area contributed by atoms with Crippen LogP contribution in [0.2, 0.25) is 0 Å². The Bertz CT molecular complexity index is 302. The molecule has 3 N–H and O–H groups in total. The Hall–Kier alpha value is -0.650. The number of carbonyl (C=O) groups excluding carboxylic acids is 1. The van der Waals surface area contributed by atoms with Crippen LogP contribution in [0.4, 0.5) is 0 Å². The molecule has 19 heavy (non-hydrogen) atoms. The van der Waals surface area contributed by atoms with E-state index in [4.69, 9.17) is 5.73 Å². The predicted molar refractivity (Wildman–Crippen MR) is 76.9 cm³/mol. The highest BCUT2D eigenvalue weighted by Gasteiger charge is 2.31. The van der Waals surface area contributed by atoms with Gasteiger partial charge in [0.25, 0.3) is 0 Å². The summed E-state index contributed by atoms with van der Waals surface area (Å²) in [6, 6.07) is 0.752. The SMILES string of the molecule is CC(C)NC(CN1CCC(N2CCCC2)C1)C(N)=O. The second-order valence-corrected chi connectivity index (χ2v) is 6.22. The van der Waals surface area contributed by atoms with Gasteiger partial charge in [-0.15, -0.1) is 0 Å². The van der Waals surface area contributed by atoms with Crippen LogP contribution in [0.3, 0.4) is 0 Å². The van der Waals surface area contributed by atoms with Crippen molar-refractivity contribution in [2.45, 2.75) is 51.2 Å². The molecule has 2 aliphatic rings. The molecule has 5 heteroatoms. The van der Waals surface area contributed by atoms with E-state index >= 15 is 0 Å². The van der Waals surface area contributed by atoms with Gasteiger partial charge in [0.2, 0.25) is 5.91 Å². The molecule has 0 aromatic carbocycles. The molecule has 0 aliphatic carbocycles. The number of likely N-dealkylation sites (tertiary alicyclic amines) is 2. The fourth-order valence-corrected chi connectivity index (χ4v) is 3.27. The number of amides is 1. The van der Waals surface area contributed by atoms with Crippen LogP contribution in [-0.2, 0) is 4.79 Å². The second kappa shape index (κ2) is 6.68. The second-order valence-electron chi connectivity index (χ2n) is 6.22. The molecule has 0 radical (unpaired) electrons. The van der Waals surface area contributed by atoms with E-state index in [1.54, 1.807) is 0 Å². The Morgan fingerprint density at radius 3 is 2.58 bits per heavy atom. The zero-order valence-corrected chi connectivity index (χ0v) is 12.3. The van der Waals surface area contributed by atoms with Crippen LogP contribution < -0.4 is 11.1 Å². The number of carbonyl (C=O) groups is 1. The van der Waals surface area contributed by atoms with E-state index in [9.17, 15) is 4.79 Å². The normalized spacial score (nSPS) is 27.2. The topological polar surface area (TPSA) is 61.6 Å². The lowest BCUT2D eigenvalue weighted by molar-refractivity contribution is -0.120. The van der Waals surface area contributed by atoms with E-state index in [1.807, 2.05) is 13.8 Å². The third-order valence-electron chi connectivity index (χ3n) is 4.22. The van der Waals surface area contributed by atoms with Crippen molar-refractivity contribution in [1.82, 2.24) is 15.1 Å². The van der Waals surface area contributed by atoms with Gasteiger partial charge in [0.05, 0.1) is 6.04 Å². The third-order valence-corrected chi connectivity index (χ3v) is 4.22. The molecule has 0 aromatic heterocycles. The van der Waals surface area contributed by atoms with E-state index in [-0.39, 0.29) is 18.0 Å². The van der Waals surface area contributed by atoms with Gasteiger partial charge in [-0.2, -0.15) is 0 Å². The monoisotopic (exact) mass is 268 g/mol. The van der Waals surface area contributed by atoms with Gasteiger partial charge in [-0.3, -0.25) is 14.6 Å². The minimum atomic E-state index is -0.238. The van der Waals surface area contributed by atoms with Crippen LogP contribution in [0.1, 0.15) is 33.1 Å². The Labute approximate surface area is 116 Å². The fourth-order valence-electron chi connectivity index (χ4n) is 3.27. The van der Waals surface area contributed by atoms with Gasteiger partial charge in [0.1, 0.15) is 0 Å². The first-order chi connectivity index (χ1) is 9.06. The number of hydrogen-bond acceptors (Lipinski definition) is 4. The molecule has 1 amide bonds. The highest BCUT2D eigenvalue weighted by Crippen LogP contribution is 2.20. The van der Waals surface area contributed by atoms with Crippen molar-refractivity contribution in [2.75, 3.05) is 32.7 Å². The number of nitrogens with two attached hydrogens (primary N) is 1. The summed E-state index contributed by atoms with van der Waals surface area (Å²) in [5.74, 6) is -0.238. The van der Waals surface area contributed by atoms with Crippen molar-refractivity contribution >= 4 is 5.91 Å². The standard InChI is InChI=1S/C14H28N4O/c1-11(2)16-13(14(15)19)10-17-8-5-12(9-17)18-6-3-4-7-18/h11-13,16H,3-10H2,1-2H3,(H2,15,19). The minimum absolute atomic E-state index is 0.225. The summed E-state index contributed by atoms with van der Waals surface area (Å²) < 4.78 is 0. The minimum Gasteiger partial charge on any atom is -0.368 e. The largest absolute Gasteiger partial charge is 0.368 e. The summed E-state index contributed by atoms with van der Waals surface area (Å²) >= 11 is 0. The molecule has 0 saturated carbocycles. The average Bonchev–Trinajstić information content (AvgIpc) is 2.97. The van der Waals surface area contributed by atoms with Crippen molar-refractivity contribution in [3.63, 3.8) is 0 Å². The summed E-state index contributed by atoms with van der Waals surface area (Å²) in [6.07, 6.45) is 3.91. The maximum atomic E-state index is 11.5. The van der Waals surface area contributed by atoms with Gasteiger partial charge in [-0.05, 0) is 38.9 Å². The first-order valence-electron chi connectivity index (χ1n) is 7.58. The zero-order chi connectivity index (χ0) is 13.8. The molecule has 5 nitrogen and oxygen atoms in total. The molecule has 0 spiro atoms. The number of rotatable bonds is 6. The summed E-state index contributed by atoms with van der Waals surface area (Å²) in [7, 11) is 0. The molecule has 2 fully saturated rings. The molecule has 2 saturated heterocycles. The lowest BCUT2D eigenvalue weighted by atomic mass is 10.2. The molecule has 2 atom stereocenters. The van der Waals surface area contributed by atoms with Gasteiger partial charge in [0, 0.05) is 25.2 Å². The van der Waals surface area contributed by atoms with E-state index < -0.39 is 0 Å².